The number of anilines is 2. The van der Waals surface area contributed by atoms with Gasteiger partial charge in [-0.15, -0.1) is 0 Å². The largest absolute Gasteiger partial charge is 0.341 e. The molecule has 0 unspecified atom stereocenters. The van der Waals surface area contributed by atoms with E-state index in [0.29, 0.717) is 0 Å². The summed E-state index contributed by atoms with van der Waals surface area (Å²) >= 11 is 0. The van der Waals surface area contributed by atoms with Crippen LogP contribution >= 0.6 is 0 Å². The third kappa shape index (κ3) is 3.74. The van der Waals surface area contributed by atoms with Crippen LogP contribution in [0.15, 0.2) is 140 Å². The molecule has 2 heterocycles. The van der Waals surface area contributed by atoms with Gasteiger partial charge in [-0.25, -0.2) is 0 Å². The zero-order chi connectivity index (χ0) is 25.5. The van der Waals surface area contributed by atoms with E-state index in [1.165, 1.54) is 55.6 Å². The maximum atomic E-state index is 4.43. The van der Waals surface area contributed by atoms with Gasteiger partial charge >= 0.3 is 0 Å². The van der Waals surface area contributed by atoms with Gasteiger partial charge in [-0.05, 0) is 77.7 Å². The molecule has 0 bridgehead atoms. The first kappa shape index (κ1) is 22.4. The third-order valence-electron chi connectivity index (χ3n) is 7.56. The molecule has 2 nitrogen and oxygen atoms in total. The van der Waals surface area contributed by atoms with E-state index in [2.05, 4.69) is 150 Å². The molecule has 38 heavy (non-hydrogen) atoms. The van der Waals surface area contributed by atoms with Crippen molar-refractivity contribution in [3.8, 4) is 16.8 Å². The lowest BCUT2D eigenvalue weighted by molar-refractivity contribution is 0.936. The molecule has 2 heteroatoms. The second-order valence-electron chi connectivity index (χ2n) is 9.86. The van der Waals surface area contributed by atoms with Crippen molar-refractivity contribution in [1.29, 1.82) is 0 Å². The molecule has 0 aliphatic carbocycles. The van der Waals surface area contributed by atoms with Crippen molar-refractivity contribution in [3.63, 3.8) is 0 Å². The molecule has 7 rings (SSSR count). The molecule has 0 atom stereocenters. The molecule has 1 aromatic heterocycles. The van der Waals surface area contributed by atoms with Crippen LogP contribution in [0, 0.1) is 0 Å². The van der Waals surface area contributed by atoms with Crippen LogP contribution in [0.2, 0.25) is 0 Å². The fourth-order valence-electron chi connectivity index (χ4n) is 5.73. The maximum Gasteiger partial charge on any atom is 0.0541 e. The fourth-order valence-corrected chi connectivity index (χ4v) is 5.73. The molecule has 0 saturated carbocycles. The lowest BCUT2D eigenvalue weighted by Crippen LogP contribution is -2.20. The predicted molar refractivity (Wildman–Crippen MR) is 162 cm³/mol. The Kier molecular flexibility index (Phi) is 5.44. The van der Waals surface area contributed by atoms with Crippen LogP contribution in [-0.4, -0.2) is 11.1 Å². The molecule has 182 valence electrons. The Hall–Kier alpha value is -4.82. The number of hydrogen-bond acceptors (Lipinski definition) is 1. The molecule has 0 N–H and O–H groups in total. The van der Waals surface area contributed by atoms with E-state index in [9.17, 15) is 0 Å². The minimum Gasteiger partial charge on any atom is -0.341 e. The summed E-state index contributed by atoms with van der Waals surface area (Å²) < 4.78 is 2.36. The molecule has 6 aromatic rings. The van der Waals surface area contributed by atoms with Crippen molar-refractivity contribution in [2.24, 2.45) is 0 Å². The molecule has 0 amide bonds. The Morgan fingerprint density at radius 1 is 0.579 bits per heavy atom. The van der Waals surface area contributed by atoms with Crippen molar-refractivity contribution in [2.45, 2.75) is 6.42 Å². The van der Waals surface area contributed by atoms with Crippen LogP contribution in [-0.2, 0) is 0 Å². The summed E-state index contributed by atoms with van der Waals surface area (Å²) in [5.41, 5.74) is 10.7. The Bertz CT molecular complexity index is 1820. The summed E-state index contributed by atoms with van der Waals surface area (Å²) in [6.07, 6.45) is 5.39. The number of allylic oxidation sites excluding steroid dienone is 2. The van der Waals surface area contributed by atoms with E-state index in [4.69, 9.17) is 0 Å². The van der Waals surface area contributed by atoms with Gasteiger partial charge < -0.3 is 9.47 Å². The minimum absolute atomic E-state index is 0.936. The topological polar surface area (TPSA) is 8.17 Å². The van der Waals surface area contributed by atoms with Crippen LogP contribution in [0.1, 0.15) is 12.0 Å². The molecule has 1 aliphatic rings. The smallest absolute Gasteiger partial charge is 0.0541 e. The second kappa shape index (κ2) is 9.24. The van der Waals surface area contributed by atoms with Crippen molar-refractivity contribution in [2.75, 3.05) is 11.4 Å². The number of rotatable bonds is 3. The van der Waals surface area contributed by atoms with Gasteiger partial charge in [0.1, 0.15) is 0 Å². The van der Waals surface area contributed by atoms with Crippen LogP contribution in [0.3, 0.4) is 0 Å². The summed E-state index contributed by atoms with van der Waals surface area (Å²) in [6.45, 7) is 5.37. The molecule has 0 spiro atoms. The third-order valence-corrected chi connectivity index (χ3v) is 7.56. The van der Waals surface area contributed by atoms with E-state index in [1.54, 1.807) is 0 Å². The molecule has 0 radical (unpaired) electrons. The Balaban J connectivity index is 1.39. The monoisotopic (exact) mass is 488 g/mol. The van der Waals surface area contributed by atoms with Crippen LogP contribution < -0.4 is 4.90 Å². The van der Waals surface area contributed by atoms with Crippen LogP contribution in [0.5, 0.6) is 0 Å². The van der Waals surface area contributed by atoms with Gasteiger partial charge in [-0.2, -0.15) is 0 Å². The summed E-state index contributed by atoms with van der Waals surface area (Å²) in [6, 6.07) is 43.6. The number of fused-ring (bicyclic) bond motifs is 4. The van der Waals surface area contributed by atoms with E-state index in [1.807, 2.05) is 0 Å². The predicted octanol–water partition coefficient (Wildman–Crippen LogP) is 9.56. The Morgan fingerprint density at radius 3 is 2.05 bits per heavy atom. The molecule has 0 fully saturated rings. The summed E-state index contributed by atoms with van der Waals surface area (Å²) in [5, 5.41) is 2.53. The highest BCUT2D eigenvalue weighted by molar-refractivity contribution is 6.10. The number of hydrogen-bond donors (Lipinski definition) is 0. The Labute approximate surface area is 223 Å². The zero-order valence-corrected chi connectivity index (χ0v) is 21.2. The number of benzene rings is 5. The fraction of sp³-hybridized carbons (Fsp3) is 0.0556. The van der Waals surface area contributed by atoms with Gasteiger partial charge in [0, 0.05) is 39.9 Å². The van der Waals surface area contributed by atoms with Gasteiger partial charge in [0.15, 0.2) is 0 Å². The molecule has 5 aromatic carbocycles. The summed E-state index contributed by atoms with van der Waals surface area (Å²) in [7, 11) is 0. The average Bonchev–Trinajstić information content (AvgIpc) is 3.30. The van der Waals surface area contributed by atoms with Gasteiger partial charge in [0.05, 0.1) is 11.0 Å². The number of nitrogens with zero attached hydrogens (tertiary/aromatic N) is 2. The molecule has 0 saturated heterocycles. The highest BCUT2D eigenvalue weighted by Crippen LogP contribution is 2.39. The lowest BCUT2D eigenvalue weighted by atomic mass is 9.95. The van der Waals surface area contributed by atoms with Gasteiger partial charge in [0.25, 0.3) is 0 Å². The maximum absolute atomic E-state index is 4.43. The van der Waals surface area contributed by atoms with Crippen molar-refractivity contribution in [1.82, 2.24) is 4.57 Å². The average molecular weight is 489 g/mol. The first-order chi connectivity index (χ1) is 18.8. The van der Waals surface area contributed by atoms with Crippen LogP contribution in [0.4, 0.5) is 11.4 Å². The SMILES string of the molecule is C=C1/C=C\CCN(c2ccccc2)c2ccc(-c3ccc4c(c3)c3ccccc3n4-c3ccccc3)cc21. The summed E-state index contributed by atoms with van der Waals surface area (Å²) in [5.74, 6) is 0. The minimum atomic E-state index is 0.936. The Morgan fingerprint density at radius 2 is 1.24 bits per heavy atom. The van der Waals surface area contributed by atoms with Crippen molar-refractivity contribution in [3.05, 3.63) is 146 Å². The summed E-state index contributed by atoms with van der Waals surface area (Å²) in [4.78, 5) is 2.41. The van der Waals surface area contributed by atoms with Gasteiger partial charge in [0.2, 0.25) is 0 Å². The van der Waals surface area contributed by atoms with E-state index in [-0.39, 0.29) is 0 Å². The van der Waals surface area contributed by atoms with Gasteiger partial charge in [-0.1, -0.05) is 85.5 Å². The van der Waals surface area contributed by atoms with Crippen molar-refractivity contribution < 1.29 is 0 Å². The highest BCUT2D eigenvalue weighted by Gasteiger charge is 2.18. The normalized spacial score (nSPS) is 14.3. The lowest BCUT2D eigenvalue weighted by Gasteiger charge is -2.29. The number of para-hydroxylation sites is 3. The zero-order valence-electron chi connectivity index (χ0n) is 21.2. The first-order valence-electron chi connectivity index (χ1n) is 13.2. The second-order valence-corrected chi connectivity index (χ2v) is 9.86. The first-order valence-corrected chi connectivity index (χ1v) is 13.2. The molecule has 1 aliphatic heterocycles. The standard InChI is InChI=1S/C36H28N2/c1-26-12-10-11-23-37(29-13-4-2-5-14-29)34-21-19-27(24-32(26)34)28-20-22-36-33(25-28)31-17-8-9-18-35(31)38(36)30-15-6-3-7-16-30/h2-10,12-22,24-25H,1,11,23H2/b12-10-. The van der Waals surface area contributed by atoms with Crippen LogP contribution in [0.25, 0.3) is 44.2 Å². The molecular formula is C36H28N2. The quantitative estimate of drug-likeness (QED) is 0.241. The van der Waals surface area contributed by atoms with Crippen molar-refractivity contribution >= 4 is 38.8 Å². The van der Waals surface area contributed by atoms with E-state index >= 15 is 0 Å². The van der Waals surface area contributed by atoms with E-state index < -0.39 is 0 Å². The van der Waals surface area contributed by atoms with E-state index in [0.717, 1.165) is 18.5 Å². The number of aromatic nitrogens is 1. The molecular weight excluding hydrogens is 460 g/mol. The highest BCUT2D eigenvalue weighted by atomic mass is 15.1. The van der Waals surface area contributed by atoms with Gasteiger partial charge in [-0.3, -0.25) is 0 Å².